The number of urea groups is 1. The average Bonchev–Trinajstić information content (AvgIpc) is 3.52. The van der Waals surface area contributed by atoms with Crippen molar-refractivity contribution in [1.29, 1.82) is 0 Å². The third kappa shape index (κ3) is 6.67. The number of para-hydroxylation sites is 1. The van der Waals surface area contributed by atoms with Crippen molar-refractivity contribution in [3.05, 3.63) is 79.0 Å². The van der Waals surface area contributed by atoms with Gasteiger partial charge in [-0.1, -0.05) is 18.2 Å². The molecule has 0 bridgehead atoms. The van der Waals surface area contributed by atoms with E-state index in [4.69, 9.17) is 14.6 Å². The normalized spacial score (nSPS) is 15.6. The Hall–Kier alpha value is -3.88. The number of nitrogens with one attached hydrogen (secondary N) is 2. The van der Waals surface area contributed by atoms with Gasteiger partial charge in [0.25, 0.3) is 0 Å². The molecule has 0 spiro atoms. The van der Waals surface area contributed by atoms with Crippen LogP contribution in [0.15, 0.2) is 79.0 Å². The van der Waals surface area contributed by atoms with E-state index in [1.807, 2.05) is 77.5 Å². The molecule has 192 valence electrons. The van der Waals surface area contributed by atoms with Gasteiger partial charge in [-0.15, -0.1) is 0 Å². The lowest BCUT2D eigenvalue weighted by Crippen LogP contribution is -2.34. The molecule has 37 heavy (non-hydrogen) atoms. The van der Waals surface area contributed by atoms with Gasteiger partial charge in [0.2, 0.25) is 0 Å². The Bertz CT molecular complexity index is 1310. The van der Waals surface area contributed by atoms with Gasteiger partial charge in [0.1, 0.15) is 11.5 Å². The Morgan fingerprint density at radius 1 is 0.973 bits per heavy atom. The fraction of sp³-hybridized carbons (Fsp3) is 0.310. The number of carbonyl (C=O) groups excluding carboxylic acids is 1. The maximum Gasteiger partial charge on any atom is 0.323 e. The molecule has 3 aromatic carbocycles. The molecule has 2 N–H and O–H groups in total. The molecule has 2 amide bonds. The number of amides is 2. The lowest BCUT2D eigenvalue weighted by molar-refractivity contribution is 0.114. The maximum atomic E-state index is 12.5. The van der Waals surface area contributed by atoms with Crippen LogP contribution in [0.4, 0.5) is 16.2 Å². The van der Waals surface area contributed by atoms with Gasteiger partial charge >= 0.3 is 6.03 Å². The minimum Gasteiger partial charge on any atom is -0.457 e. The first-order valence-corrected chi connectivity index (χ1v) is 12.8. The first-order valence-electron chi connectivity index (χ1n) is 12.8. The van der Waals surface area contributed by atoms with E-state index in [-0.39, 0.29) is 6.03 Å². The number of nitrogens with zero attached hydrogens (tertiary/aromatic N) is 3. The summed E-state index contributed by atoms with van der Waals surface area (Å²) in [5.74, 6) is 1.47. The number of hydrogen-bond donors (Lipinski definition) is 2. The number of ether oxygens (including phenoxy) is 2. The van der Waals surface area contributed by atoms with E-state index in [1.165, 1.54) is 12.8 Å². The second-order valence-corrected chi connectivity index (χ2v) is 9.33. The summed E-state index contributed by atoms with van der Waals surface area (Å²) in [6.45, 7) is 3.87. The summed E-state index contributed by atoms with van der Waals surface area (Å²) in [5.41, 5.74) is 2.23. The molecule has 4 aromatic rings. The zero-order valence-electron chi connectivity index (χ0n) is 21.1. The third-order valence-corrected chi connectivity index (χ3v) is 6.59. The van der Waals surface area contributed by atoms with Crippen molar-refractivity contribution in [3.63, 3.8) is 0 Å². The van der Waals surface area contributed by atoms with Crippen molar-refractivity contribution in [1.82, 2.24) is 14.7 Å². The monoisotopic (exact) mass is 499 g/mol. The second-order valence-electron chi connectivity index (χ2n) is 9.33. The van der Waals surface area contributed by atoms with Crippen LogP contribution >= 0.6 is 0 Å². The minimum atomic E-state index is -0.313. The van der Waals surface area contributed by atoms with E-state index >= 15 is 0 Å². The van der Waals surface area contributed by atoms with E-state index in [0.29, 0.717) is 23.2 Å². The van der Waals surface area contributed by atoms with E-state index < -0.39 is 0 Å². The number of aryl methyl sites for hydroxylation is 1. The summed E-state index contributed by atoms with van der Waals surface area (Å²) in [4.78, 5) is 15.1. The van der Waals surface area contributed by atoms with Gasteiger partial charge < -0.3 is 20.1 Å². The van der Waals surface area contributed by atoms with E-state index in [2.05, 4.69) is 21.7 Å². The number of fused-ring (bicyclic) bond motifs is 1. The zero-order valence-corrected chi connectivity index (χ0v) is 21.1. The van der Waals surface area contributed by atoms with Gasteiger partial charge in [0.15, 0.2) is 0 Å². The van der Waals surface area contributed by atoms with Gasteiger partial charge in [-0.25, -0.2) is 4.79 Å². The topological polar surface area (TPSA) is 80.7 Å². The number of rotatable bonds is 10. The molecule has 1 atom stereocenters. The number of aromatic nitrogens is 2. The van der Waals surface area contributed by atoms with Gasteiger partial charge in [0.05, 0.1) is 12.1 Å². The smallest absolute Gasteiger partial charge is 0.323 e. The van der Waals surface area contributed by atoms with Crippen LogP contribution in [0, 0.1) is 0 Å². The van der Waals surface area contributed by atoms with Crippen LogP contribution in [0.5, 0.6) is 11.5 Å². The number of hydrogen-bond acceptors (Lipinski definition) is 5. The summed E-state index contributed by atoms with van der Waals surface area (Å²) in [5, 5.41) is 11.5. The number of likely N-dealkylation sites (tertiary alicyclic amines) is 1. The lowest BCUT2D eigenvalue weighted by atomic mass is 10.2. The summed E-state index contributed by atoms with van der Waals surface area (Å²) in [7, 11) is 1.78. The largest absolute Gasteiger partial charge is 0.457 e. The summed E-state index contributed by atoms with van der Waals surface area (Å²) in [6, 6.07) is 22.8. The van der Waals surface area contributed by atoms with Crippen molar-refractivity contribution in [2.45, 2.75) is 31.8 Å². The predicted octanol–water partition coefficient (Wildman–Crippen LogP) is 5.97. The van der Waals surface area contributed by atoms with Gasteiger partial charge in [0, 0.05) is 49.2 Å². The number of benzene rings is 3. The van der Waals surface area contributed by atoms with Gasteiger partial charge in [-0.3, -0.25) is 9.58 Å². The molecule has 1 fully saturated rings. The van der Waals surface area contributed by atoms with Crippen LogP contribution in [0.25, 0.3) is 10.9 Å². The van der Waals surface area contributed by atoms with Crippen molar-refractivity contribution >= 4 is 28.3 Å². The van der Waals surface area contributed by atoms with E-state index in [1.54, 1.807) is 7.11 Å². The Kier molecular flexibility index (Phi) is 7.98. The highest BCUT2D eigenvalue weighted by Crippen LogP contribution is 2.23. The Morgan fingerprint density at radius 2 is 1.73 bits per heavy atom. The molecule has 2 heterocycles. The molecule has 8 heteroatoms. The fourth-order valence-electron chi connectivity index (χ4n) is 4.79. The number of anilines is 2. The Balaban J connectivity index is 1.12. The average molecular weight is 500 g/mol. The van der Waals surface area contributed by atoms with Crippen molar-refractivity contribution in [3.8, 4) is 11.5 Å². The molecule has 8 nitrogen and oxygen atoms in total. The van der Waals surface area contributed by atoms with E-state index in [0.717, 1.165) is 49.3 Å². The minimum absolute atomic E-state index is 0.313. The van der Waals surface area contributed by atoms with Crippen molar-refractivity contribution < 1.29 is 14.3 Å². The van der Waals surface area contributed by atoms with Crippen LogP contribution in [-0.4, -0.2) is 53.6 Å². The number of carbonyl (C=O) groups is 1. The highest BCUT2D eigenvalue weighted by molar-refractivity contribution is 6.00. The second kappa shape index (κ2) is 11.9. The predicted molar refractivity (Wildman–Crippen MR) is 146 cm³/mol. The zero-order chi connectivity index (χ0) is 25.5. The van der Waals surface area contributed by atoms with E-state index in [9.17, 15) is 4.79 Å². The molecule has 0 aliphatic carbocycles. The maximum absolute atomic E-state index is 12.5. The first-order chi connectivity index (χ1) is 18.2. The van der Waals surface area contributed by atoms with Crippen LogP contribution in [0.3, 0.4) is 0 Å². The Labute approximate surface area is 217 Å². The summed E-state index contributed by atoms with van der Waals surface area (Å²) < 4.78 is 13.2. The molecule has 0 unspecified atom stereocenters. The summed E-state index contributed by atoms with van der Waals surface area (Å²) >= 11 is 0. The third-order valence-electron chi connectivity index (χ3n) is 6.59. The molecule has 1 aliphatic rings. The van der Waals surface area contributed by atoms with Crippen molar-refractivity contribution in [2.24, 2.45) is 0 Å². The Morgan fingerprint density at radius 3 is 2.54 bits per heavy atom. The molecular formula is C29H33N5O3. The fourth-order valence-corrected chi connectivity index (χ4v) is 4.79. The van der Waals surface area contributed by atoms with Crippen LogP contribution in [-0.2, 0) is 11.3 Å². The molecule has 1 saturated heterocycles. The quantitative estimate of drug-likeness (QED) is 0.281. The van der Waals surface area contributed by atoms with Crippen LogP contribution in [0.1, 0.15) is 19.3 Å². The van der Waals surface area contributed by atoms with Crippen LogP contribution < -0.4 is 15.4 Å². The highest BCUT2D eigenvalue weighted by Gasteiger charge is 2.23. The lowest BCUT2D eigenvalue weighted by Gasteiger charge is -2.23. The molecule has 1 aromatic heterocycles. The number of methoxy groups -OCH3 is 1. The molecule has 1 aliphatic heterocycles. The SMILES string of the molecule is COC[C@@H]1CCCN1CCCn1cc2ccc(NC(=O)Nc3ccc(Oc4ccccc4)cc3)cc2n1. The molecular weight excluding hydrogens is 466 g/mol. The standard InChI is InChI=1S/C29H33N5O3/c1-36-21-25-7-5-16-33(25)17-6-18-34-20-22-10-11-24(19-28(22)32-34)31-29(35)30-23-12-14-27(15-13-23)37-26-8-3-2-4-9-26/h2-4,8-15,19-20,25H,5-7,16-18,21H2,1H3,(H2,30,31,35)/t25-/m0/s1. The van der Waals surface area contributed by atoms with Gasteiger partial charge in [-0.2, -0.15) is 5.10 Å². The summed E-state index contributed by atoms with van der Waals surface area (Å²) in [6.07, 6.45) is 5.57. The highest BCUT2D eigenvalue weighted by atomic mass is 16.5. The molecule has 0 saturated carbocycles. The van der Waals surface area contributed by atoms with Crippen LogP contribution in [0.2, 0.25) is 0 Å². The first kappa shape index (κ1) is 24.8. The van der Waals surface area contributed by atoms with Gasteiger partial charge in [-0.05, 0) is 80.4 Å². The molecule has 0 radical (unpaired) electrons. The van der Waals surface area contributed by atoms with Crippen molar-refractivity contribution in [2.75, 3.05) is 37.4 Å². The molecule has 5 rings (SSSR count).